The van der Waals surface area contributed by atoms with Crippen molar-refractivity contribution in [3.05, 3.63) is 38.4 Å². The van der Waals surface area contributed by atoms with Crippen LogP contribution in [-0.2, 0) is 0 Å². The predicted octanol–water partition coefficient (Wildman–Crippen LogP) is 1.29. The molecular formula is C7H6BrFN2O3. The van der Waals surface area contributed by atoms with Crippen molar-refractivity contribution in [2.24, 2.45) is 0 Å². The Morgan fingerprint density at radius 3 is 3.00 bits per heavy atom. The summed E-state index contributed by atoms with van der Waals surface area (Å²) in [5.41, 5.74) is -0.136. The zero-order chi connectivity index (χ0) is 10.7. The van der Waals surface area contributed by atoms with Crippen molar-refractivity contribution in [1.82, 2.24) is 4.98 Å². The number of hydrogen-bond acceptors (Lipinski definition) is 4. The number of aliphatic hydroxyl groups is 1. The molecule has 0 saturated heterocycles. The second-order valence-electron chi connectivity index (χ2n) is 2.54. The lowest BCUT2D eigenvalue weighted by Gasteiger charge is -2.07. The van der Waals surface area contributed by atoms with Gasteiger partial charge in [-0.1, -0.05) is 0 Å². The molecule has 14 heavy (non-hydrogen) atoms. The molecule has 76 valence electrons. The minimum absolute atomic E-state index is 0.0719. The van der Waals surface area contributed by atoms with E-state index in [1.54, 1.807) is 0 Å². The Bertz CT molecular complexity index is 361. The maximum Gasteiger partial charge on any atom is 0.233 e. The molecule has 7 heteroatoms. The van der Waals surface area contributed by atoms with Crippen molar-refractivity contribution in [3.8, 4) is 0 Å². The number of nitrogens with zero attached hydrogens (tertiary/aromatic N) is 2. The molecule has 1 atom stereocenters. The number of nitro groups is 1. The van der Waals surface area contributed by atoms with Crippen LogP contribution >= 0.6 is 15.9 Å². The van der Waals surface area contributed by atoms with Crippen molar-refractivity contribution in [2.45, 2.75) is 6.10 Å². The van der Waals surface area contributed by atoms with E-state index in [4.69, 9.17) is 0 Å². The van der Waals surface area contributed by atoms with Crippen LogP contribution in [0, 0.1) is 15.9 Å². The molecule has 0 fully saturated rings. The number of hydrogen-bond donors (Lipinski definition) is 1. The largest absolute Gasteiger partial charge is 0.381 e. The van der Waals surface area contributed by atoms with Crippen molar-refractivity contribution in [1.29, 1.82) is 0 Å². The standard InChI is InChI=1S/C7H6BrFN2O3/c8-7-6(9)4(1-2-10-7)5(12)3-11(13)14/h1-2,5,12H,3H2. The number of aromatic nitrogens is 1. The molecule has 1 heterocycles. The van der Waals surface area contributed by atoms with Crippen molar-refractivity contribution < 1.29 is 14.4 Å². The third-order valence-corrected chi connectivity index (χ3v) is 2.11. The molecule has 0 spiro atoms. The van der Waals surface area contributed by atoms with E-state index in [-0.39, 0.29) is 10.2 Å². The summed E-state index contributed by atoms with van der Waals surface area (Å²) >= 11 is 2.81. The molecular weight excluding hydrogens is 259 g/mol. The fraction of sp³-hybridized carbons (Fsp3) is 0.286. The lowest BCUT2D eigenvalue weighted by molar-refractivity contribution is -0.491. The van der Waals surface area contributed by atoms with Crippen molar-refractivity contribution in [3.63, 3.8) is 0 Å². The Hall–Kier alpha value is -1.08. The normalized spacial score (nSPS) is 12.5. The van der Waals surface area contributed by atoms with Crippen LogP contribution in [0.4, 0.5) is 4.39 Å². The topological polar surface area (TPSA) is 76.3 Å². The summed E-state index contributed by atoms with van der Waals surface area (Å²) in [6.07, 6.45) is -0.199. The quantitative estimate of drug-likeness (QED) is 0.507. The molecule has 0 aliphatic rings. The minimum Gasteiger partial charge on any atom is -0.381 e. The number of pyridine rings is 1. The Kier molecular flexibility index (Phi) is 3.48. The third-order valence-electron chi connectivity index (χ3n) is 1.56. The van der Waals surface area contributed by atoms with Gasteiger partial charge in [0.2, 0.25) is 6.54 Å². The fourth-order valence-corrected chi connectivity index (χ4v) is 1.28. The highest BCUT2D eigenvalue weighted by Gasteiger charge is 2.19. The molecule has 5 nitrogen and oxygen atoms in total. The zero-order valence-electron chi connectivity index (χ0n) is 6.85. The maximum atomic E-state index is 13.2. The van der Waals surface area contributed by atoms with Crippen LogP contribution in [0.1, 0.15) is 11.7 Å². The van der Waals surface area contributed by atoms with E-state index >= 15 is 0 Å². The van der Waals surface area contributed by atoms with Crippen molar-refractivity contribution >= 4 is 15.9 Å². The summed E-state index contributed by atoms with van der Waals surface area (Å²) in [5, 5.41) is 19.3. The molecule has 0 bridgehead atoms. The number of halogens is 2. The Morgan fingerprint density at radius 2 is 2.43 bits per heavy atom. The molecule has 1 rings (SSSR count). The molecule has 1 unspecified atom stereocenters. The van der Waals surface area contributed by atoms with E-state index in [1.165, 1.54) is 12.3 Å². The van der Waals surface area contributed by atoms with Gasteiger partial charge in [0.15, 0.2) is 5.82 Å². The first-order valence-corrected chi connectivity index (χ1v) is 4.41. The molecule has 1 aromatic rings. The first-order chi connectivity index (χ1) is 6.52. The van der Waals surface area contributed by atoms with Crippen LogP contribution in [0.5, 0.6) is 0 Å². The highest BCUT2D eigenvalue weighted by molar-refractivity contribution is 9.10. The zero-order valence-corrected chi connectivity index (χ0v) is 8.44. The van der Waals surface area contributed by atoms with E-state index in [1.807, 2.05) is 0 Å². The first-order valence-electron chi connectivity index (χ1n) is 3.62. The van der Waals surface area contributed by atoms with E-state index in [0.29, 0.717) is 0 Å². The molecule has 0 radical (unpaired) electrons. The van der Waals surface area contributed by atoms with Crippen LogP contribution in [0.15, 0.2) is 16.9 Å². The number of aliphatic hydroxyl groups excluding tert-OH is 1. The molecule has 1 aromatic heterocycles. The van der Waals surface area contributed by atoms with Crippen molar-refractivity contribution in [2.75, 3.05) is 6.54 Å². The van der Waals surface area contributed by atoms with E-state index in [2.05, 4.69) is 20.9 Å². The van der Waals surface area contributed by atoms with Crippen LogP contribution in [0.25, 0.3) is 0 Å². The maximum absolute atomic E-state index is 13.2. The van der Waals surface area contributed by atoms with Gasteiger partial charge in [-0.3, -0.25) is 10.1 Å². The average molecular weight is 265 g/mol. The molecule has 1 N–H and O–H groups in total. The van der Waals surface area contributed by atoms with Crippen LogP contribution in [-0.4, -0.2) is 21.6 Å². The average Bonchev–Trinajstić information content (AvgIpc) is 2.08. The van der Waals surface area contributed by atoms with Crippen LogP contribution < -0.4 is 0 Å². The van der Waals surface area contributed by atoms with Gasteiger partial charge in [0.25, 0.3) is 0 Å². The molecule has 0 amide bonds. The smallest absolute Gasteiger partial charge is 0.233 e. The van der Waals surface area contributed by atoms with Gasteiger partial charge in [0.1, 0.15) is 10.7 Å². The first kappa shape index (κ1) is 11.0. The SMILES string of the molecule is O=[N+]([O-])CC(O)c1ccnc(Br)c1F. The summed E-state index contributed by atoms with van der Waals surface area (Å²) in [6, 6.07) is 1.20. The van der Waals surface area contributed by atoms with Crippen LogP contribution in [0.3, 0.4) is 0 Å². The van der Waals surface area contributed by atoms with E-state index in [0.717, 1.165) is 0 Å². The summed E-state index contributed by atoms with van der Waals surface area (Å²) < 4.78 is 13.1. The lowest BCUT2D eigenvalue weighted by Crippen LogP contribution is -2.13. The van der Waals surface area contributed by atoms with Gasteiger partial charge in [0, 0.05) is 16.7 Å². The predicted molar refractivity (Wildman–Crippen MR) is 48.7 cm³/mol. The number of rotatable bonds is 3. The Labute approximate surface area is 86.9 Å². The highest BCUT2D eigenvalue weighted by Crippen LogP contribution is 2.21. The minimum atomic E-state index is -1.45. The highest BCUT2D eigenvalue weighted by atomic mass is 79.9. The summed E-state index contributed by atoms with van der Waals surface area (Å²) in [5.74, 6) is -0.776. The second-order valence-corrected chi connectivity index (χ2v) is 3.29. The van der Waals surface area contributed by atoms with Gasteiger partial charge in [0.05, 0.1) is 0 Å². The monoisotopic (exact) mass is 264 g/mol. The Morgan fingerprint density at radius 1 is 1.79 bits per heavy atom. The third kappa shape index (κ3) is 2.46. The molecule has 0 saturated carbocycles. The van der Waals surface area contributed by atoms with Gasteiger partial charge in [-0.2, -0.15) is 0 Å². The van der Waals surface area contributed by atoms with E-state index < -0.39 is 23.4 Å². The van der Waals surface area contributed by atoms with Crippen LogP contribution in [0.2, 0.25) is 0 Å². The van der Waals surface area contributed by atoms with Gasteiger partial charge >= 0.3 is 0 Å². The van der Waals surface area contributed by atoms with Gasteiger partial charge in [-0.05, 0) is 22.0 Å². The summed E-state index contributed by atoms with van der Waals surface area (Å²) in [7, 11) is 0. The van der Waals surface area contributed by atoms with E-state index in [9.17, 15) is 19.6 Å². The molecule has 0 aromatic carbocycles. The molecule has 0 aliphatic heterocycles. The van der Waals surface area contributed by atoms with Gasteiger partial charge in [-0.25, -0.2) is 9.37 Å². The summed E-state index contributed by atoms with van der Waals surface area (Å²) in [6.45, 7) is -0.729. The van der Waals surface area contributed by atoms with Gasteiger partial charge in [-0.15, -0.1) is 0 Å². The van der Waals surface area contributed by atoms with Gasteiger partial charge < -0.3 is 5.11 Å². The molecule has 0 aliphatic carbocycles. The summed E-state index contributed by atoms with van der Waals surface area (Å²) in [4.78, 5) is 12.9. The second kappa shape index (κ2) is 4.43. The fourth-order valence-electron chi connectivity index (χ4n) is 0.929. The Balaban J connectivity index is 2.95. The lowest BCUT2D eigenvalue weighted by atomic mass is 10.1.